The van der Waals surface area contributed by atoms with E-state index in [1.807, 2.05) is 0 Å². The van der Waals surface area contributed by atoms with E-state index < -0.39 is 0 Å². The maximum absolute atomic E-state index is 13.9. The van der Waals surface area contributed by atoms with E-state index in [-0.39, 0.29) is 11.7 Å². The molecule has 0 spiro atoms. The molecular weight excluding hydrogens is 255 g/mol. The Labute approximate surface area is 120 Å². The highest BCUT2D eigenvalue weighted by molar-refractivity contribution is 5.89. The van der Waals surface area contributed by atoms with Crippen LogP contribution in [0.3, 0.4) is 0 Å². The van der Waals surface area contributed by atoms with Crippen molar-refractivity contribution < 1.29 is 9.18 Å². The maximum Gasteiger partial charge on any atom is 0.221 e. The lowest BCUT2D eigenvalue weighted by atomic mass is 9.83. The third kappa shape index (κ3) is 3.71. The summed E-state index contributed by atoms with van der Waals surface area (Å²) in [4.78, 5) is 11.1. The van der Waals surface area contributed by atoms with Crippen molar-refractivity contribution in [1.82, 2.24) is 0 Å². The Morgan fingerprint density at radius 1 is 1.35 bits per heavy atom. The van der Waals surface area contributed by atoms with Gasteiger partial charge in [-0.2, -0.15) is 0 Å². The largest absolute Gasteiger partial charge is 0.380 e. The minimum absolute atomic E-state index is 0.147. The lowest BCUT2D eigenvalue weighted by Gasteiger charge is -2.32. The van der Waals surface area contributed by atoms with Crippen LogP contribution < -0.4 is 10.6 Å². The molecule has 1 saturated carbocycles. The summed E-state index contributed by atoms with van der Waals surface area (Å²) in [6.45, 7) is 3.64. The van der Waals surface area contributed by atoms with Gasteiger partial charge in [0.05, 0.1) is 5.69 Å². The van der Waals surface area contributed by atoms with E-state index >= 15 is 0 Å². The van der Waals surface area contributed by atoms with E-state index in [0.29, 0.717) is 23.3 Å². The van der Waals surface area contributed by atoms with Crippen molar-refractivity contribution >= 4 is 17.3 Å². The lowest BCUT2D eigenvalue weighted by Crippen LogP contribution is -2.32. The SMILES string of the molecule is CCC1CCCCC1Nc1cc(NC(C)=O)ccc1F. The van der Waals surface area contributed by atoms with Gasteiger partial charge in [-0.25, -0.2) is 4.39 Å². The van der Waals surface area contributed by atoms with E-state index in [1.165, 1.54) is 32.3 Å². The third-order valence-electron chi connectivity index (χ3n) is 4.06. The fourth-order valence-electron chi connectivity index (χ4n) is 3.00. The fourth-order valence-corrected chi connectivity index (χ4v) is 3.00. The molecule has 0 aromatic heterocycles. The summed E-state index contributed by atoms with van der Waals surface area (Å²) >= 11 is 0. The Hall–Kier alpha value is -1.58. The van der Waals surface area contributed by atoms with Crippen LogP contribution in [-0.4, -0.2) is 11.9 Å². The molecule has 0 aliphatic heterocycles. The molecule has 2 atom stereocenters. The molecule has 1 amide bonds. The number of anilines is 2. The molecule has 3 nitrogen and oxygen atoms in total. The standard InChI is InChI=1S/C16H23FN2O/c1-3-12-6-4-5-7-15(12)19-16-10-13(18-11(2)20)8-9-14(16)17/h8-10,12,15,19H,3-7H2,1-2H3,(H,18,20). The second-order valence-corrected chi connectivity index (χ2v) is 5.58. The van der Waals surface area contributed by atoms with Crippen LogP contribution >= 0.6 is 0 Å². The molecule has 110 valence electrons. The number of amides is 1. The van der Waals surface area contributed by atoms with Gasteiger partial charge in [-0.15, -0.1) is 0 Å². The van der Waals surface area contributed by atoms with Crippen LogP contribution in [0.1, 0.15) is 46.0 Å². The van der Waals surface area contributed by atoms with Crippen molar-refractivity contribution in [2.24, 2.45) is 5.92 Å². The monoisotopic (exact) mass is 278 g/mol. The van der Waals surface area contributed by atoms with Gasteiger partial charge >= 0.3 is 0 Å². The minimum atomic E-state index is -0.264. The highest BCUT2D eigenvalue weighted by Gasteiger charge is 2.24. The molecule has 1 aromatic carbocycles. The van der Waals surface area contributed by atoms with Gasteiger partial charge in [0.2, 0.25) is 5.91 Å². The molecule has 0 bridgehead atoms. The first-order valence-electron chi connectivity index (χ1n) is 7.44. The van der Waals surface area contributed by atoms with Gasteiger partial charge in [-0.1, -0.05) is 26.2 Å². The summed E-state index contributed by atoms with van der Waals surface area (Å²) < 4.78 is 13.9. The van der Waals surface area contributed by atoms with Gasteiger partial charge < -0.3 is 10.6 Å². The van der Waals surface area contributed by atoms with Gasteiger partial charge in [0.15, 0.2) is 0 Å². The highest BCUT2D eigenvalue weighted by atomic mass is 19.1. The van der Waals surface area contributed by atoms with Crippen LogP contribution in [0.15, 0.2) is 18.2 Å². The topological polar surface area (TPSA) is 41.1 Å². The van der Waals surface area contributed by atoms with Gasteiger partial charge in [0.1, 0.15) is 5.82 Å². The number of hydrogen-bond acceptors (Lipinski definition) is 2. The van der Waals surface area contributed by atoms with E-state index in [1.54, 1.807) is 12.1 Å². The molecule has 1 aliphatic rings. The quantitative estimate of drug-likeness (QED) is 0.868. The second-order valence-electron chi connectivity index (χ2n) is 5.58. The molecule has 1 aromatic rings. The van der Waals surface area contributed by atoms with Crippen molar-refractivity contribution in [3.8, 4) is 0 Å². The molecular formula is C16H23FN2O. The first-order chi connectivity index (χ1) is 9.60. The Balaban J connectivity index is 2.12. The van der Waals surface area contributed by atoms with Crippen LogP contribution in [0.5, 0.6) is 0 Å². The summed E-state index contributed by atoms with van der Waals surface area (Å²) in [6.07, 6.45) is 5.88. The zero-order chi connectivity index (χ0) is 14.5. The van der Waals surface area contributed by atoms with Crippen LogP contribution in [-0.2, 0) is 4.79 Å². The number of halogens is 1. The second kappa shape index (κ2) is 6.73. The molecule has 2 unspecified atom stereocenters. The number of nitrogens with one attached hydrogen (secondary N) is 2. The van der Waals surface area contributed by atoms with Crippen molar-refractivity contribution in [3.63, 3.8) is 0 Å². The summed E-state index contributed by atoms with van der Waals surface area (Å²) in [5.41, 5.74) is 1.12. The molecule has 0 heterocycles. The summed E-state index contributed by atoms with van der Waals surface area (Å²) in [5.74, 6) is 0.193. The average molecular weight is 278 g/mol. The predicted molar refractivity (Wildman–Crippen MR) is 80.4 cm³/mol. The molecule has 4 heteroatoms. The summed E-state index contributed by atoms with van der Waals surface area (Å²) in [7, 11) is 0. The fraction of sp³-hybridized carbons (Fsp3) is 0.562. The van der Waals surface area contributed by atoms with Gasteiger partial charge in [0, 0.05) is 18.7 Å². The normalized spacial score (nSPS) is 22.4. The molecule has 0 saturated heterocycles. The zero-order valence-corrected chi connectivity index (χ0v) is 12.2. The average Bonchev–Trinajstić information content (AvgIpc) is 2.42. The Morgan fingerprint density at radius 3 is 2.80 bits per heavy atom. The van der Waals surface area contributed by atoms with E-state index in [9.17, 15) is 9.18 Å². The summed E-state index contributed by atoms with van der Waals surface area (Å²) in [6, 6.07) is 4.99. The highest BCUT2D eigenvalue weighted by Crippen LogP contribution is 2.30. The van der Waals surface area contributed by atoms with Crippen LogP contribution in [0.2, 0.25) is 0 Å². The predicted octanol–water partition coefficient (Wildman–Crippen LogP) is 4.16. The maximum atomic E-state index is 13.9. The van der Waals surface area contributed by atoms with Crippen LogP contribution in [0.4, 0.5) is 15.8 Å². The lowest BCUT2D eigenvalue weighted by molar-refractivity contribution is -0.114. The van der Waals surface area contributed by atoms with Crippen LogP contribution in [0.25, 0.3) is 0 Å². The molecule has 20 heavy (non-hydrogen) atoms. The molecule has 2 rings (SSSR count). The first kappa shape index (κ1) is 14.8. The number of carbonyl (C=O) groups is 1. The number of hydrogen-bond donors (Lipinski definition) is 2. The molecule has 1 fully saturated rings. The zero-order valence-electron chi connectivity index (χ0n) is 12.2. The summed E-state index contributed by atoms with van der Waals surface area (Å²) in [5, 5.41) is 6.03. The molecule has 1 aliphatic carbocycles. The third-order valence-corrected chi connectivity index (χ3v) is 4.06. The van der Waals surface area contributed by atoms with E-state index in [0.717, 1.165) is 12.8 Å². The van der Waals surface area contributed by atoms with Crippen molar-refractivity contribution in [3.05, 3.63) is 24.0 Å². The van der Waals surface area contributed by atoms with Crippen molar-refractivity contribution in [1.29, 1.82) is 0 Å². The number of benzene rings is 1. The number of rotatable bonds is 4. The smallest absolute Gasteiger partial charge is 0.221 e. The van der Waals surface area contributed by atoms with Gasteiger partial charge in [0.25, 0.3) is 0 Å². The number of carbonyl (C=O) groups excluding carboxylic acids is 1. The molecule has 0 radical (unpaired) electrons. The van der Waals surface area contributed by atoms with Gasteiger partial charge in [-0.3, -0.25) is 4.79 Å². The Kier molecular flexibility index (Phi) is 4.99. The van der Waals surface area contributed by atoms with Crippen molar-refractivity contribution in [2.45, 2.75) is 52.0 Å². The molecule has 2 N–H and O–H groups in total. The van der Waals surface area contributed by atoms with Crippen LogP contribution in [0, 0.1) is 11.7 Å². The van der Waals surface area contributed by atoms with E-state index in [2.05, 4.69) is 17.6 Å². The Bertz CT molecular complexity index is 476. The Morgan fingerprint density at radius 2 is 2.10 bits per heavy atom. The van der Waals surface area contributed by atoms with Gasteiger partial charge in [-0.05, 0) is 37.0 Å². The van der Waals surface area contributed by atoms with E-state index in [4.69, 9.17) is 0 Å². The van der Waals surface area contributed by atoms with Crippen molar-refractivity contribution in [2.75, 3.05) is 10.6 Å². The first-order valence-corrected chi connectivity index (χ1v) is 7.44. The minimum Gasteiger partial charge on any atom is -0.380 e.